The molecule has 0 amide bonds. The first-order valence-electron chi connectivity index (χ1n) is 7.15. The van der Waals surface area contributed by atoms with E-state index in [0.717, 1.165) is 30.7 Å². The first kappa shape index (κ1) is 14.4. The Morgan fingerprint density at radius 3 is 2.42 bits per heavy atom. The number of hydrogen-bond acceptors (Lipinski definition) is 3. The predicted molar refractivity (Wildman–Crippen MR) is 79.4 cm³/mol. The molecule has 1 aliphatic heterocycles. The van der Waals surface area contributed by atoms with Crippen molar-refractivity contribution in [3.8, 4) is 5.75 Å². The number of nitrogens with zero attached hydrogens (tertiary/aromatic N) is 1. The summed E-state index contributed by atoms with van der Waals surface area (Å²) in [6, 6.07) is 6.74. The third-order valence-electron chi connectivity index (χ3n) is 4.48. The Morgan fingerprint density at radius 1 is 1.32 bits per heavy atom. The molecule has 3 nitrogen and oxygen atoms in total. The van der Waals surface area contributed by atoms with Gasteiger partial charge in [0.15, 0.2) is 0 Å². The molecule has 0 spiro atoms. The second-order valence-electron chi connectivity index (χ2n) is 5.89. The van der Waals surface area contributed by atoms with Crippen LogP contribution in [-0.4, -0.2) is 31.6 Å². The van der Waals surface area contributed by atoms with E-state index in [1.165, 1.54) is 11.1 Å². The number of aryl methyl sites for hydroxylation is 1. The van der Waals surface area contributed by atoms with E-state index in [-0.39, 0.29) is 0 Å². The van der Waals surface area contributed by atoms with Crippen molar-refractivity contribution in [1.29, 1.82) is 0 Å². The number of benzene rings is 1. The normalized spacial score (nSPS) is 25.5. The maximum Gasteiger partial charge on any atom is 0.121 e. The van der Waals surface area contributed by atoms with Gasteiger partial charge in [-0.05, 0) is 36.0 Å². The molecule has 2 rings (SSSR count). The number of methoxy groups -OCH3 is 1. The minimum Gasteiger partial charge on any atom is -0.496 e. The lowest BCUT2D eigenvalue weighted by Gasteiger charge is -2.27. The van der Waals surface area contributed by atoms with Crippen LogP contribution in [0.2, 0.25) is 0 Å². The van der Waals surface area contributed by atoms with Gasteiger partial charge in [-0.15, -0.1) is 0 Å². The maximum absolute atomic E-state index is 6.02. The zero-order valence-electron chi connectivity index (χ0n) is 12.5. The highest BCUT2D eigenvalue weighted by Crippen LogP contribution is 2.31. The fourth-order valence-corrected chi connectivity index (χ4v) is 3.03. The summed E-state index contributed by atoms with van der Waals surface area (Å²) >= 11 is 0. The lowest BCUT2D eigenvalue weighted by Crippen LogP contribution is -2.32. The minimum absolute atomic E-state index is 0.331. The van der Waals surface area contributed by atoms with Gasteiger partial charge < -0.3 is 10.5 Å². The van der Waals surface area contributed by atoms with E-state index in [1.807, 2.05) is 0 Å². The van der Waals surface area contributed by atoms with Crippen LogP contribution in [0.25, 0.3) is 0 Å². The van der Waals surface area contributed by atoms with Gasteiger partial charge in [0.25, 0.3) is 0 Å². The number of nitrogens with two attached hydrogens (primary N) is 1. The molecular formula is C16H26N2O. The lowest BCUT2D eigenvalue weighted by atomic mass is 10.0. The van der Waals surface area contributed by atoms with E-state index in [0.29, 0.717) is 12.6 Å². The van der Waals surface area contributed by atoms with Crippen molar-refractivity contribution in [2.75, 3.05) is 26.7 Å². The molecule has 1 heterocycles. The molecule has 0 aliphatic carbocycles. The highest BCUT2D eigenvalue weighted by molar-refractivity contribution is 5.37. The topological polar surface area (TPSA) is 38.5 Å². The molecule has 0 bridgehead atoms. The van der Waals surface area contributed by atoms with Gasteiger partial charge in [0.05, 0.1) is 7.11 Å². The van der Waals surface area contributed by atoms with Crippen LogP contribution in [0, 0.1) is 18.8 Å². The Morgan fingerprint density at radius 2 is 1.95 bits per heavy atom. The summed E-state index contributed by atoms with van der Waals surface area (Å²) in [4.78, 5) is 2.52. The van der Waals surface area contributed by atoms with Crippen molar-refractivity contribution >= 4 is 0 Å². The average molecular weight is 262 g/mol. The molecule has 106 valence electrons. The van der Waals surface area contributed by atoms with Crippen molar-refractivity contribution in [2.45, 2.75) is 26.8 Å². The van der Waals surface area contributed by atoms with Crippen molar-refractivity contribution in [1.82, 2.24) is 4.90 Å². The second kappa shape index (κ2) is 5.93. The summed E-state index contributed by atoms with van der Waals surface area (Å²) in [6.45, 7) is 9.72. The van der Waals surface area contributed by atoms with E-state index in [1.54, 1.807) is 7.11 Å². The van der Waals surface area contributed by atoms with Crippen LogP contribution in [-0.2, 0) is 0 Å². The Balaban J connectivity index is 2.20. The first-order chi connectivity index (χ1) is 9.06. The SMILES string of the molecule is COc1ccc(C(CN)N2CC(C)C(C)C2)cc1C. The molecule has 19 heavy (non-hydrogen) atoms. The highest BCUT2D eigenvalue weighted by atomic mass is 16.5. The van der Waals surface area contributed by atoms with Crippen LogP contribution in [0.5, 0.6) is 5.75 Å². The van der Waals surface area contributed by atoms with Gasteiger partial charge in [-0.3, -0.25) is 4.90 Å². The molecule has 0 saturated carbocycles. The van der Waals surface area contributed by atoms with Crippen LogP contribution >= 0.6 is 0 Å². The van der Waals surface area contributed by atoms with E-state index < -0.39 is 0 Å². The third-order valence-corrected chi connectivity index (χ3v) is 4.48. The zero-order chi connectivity index (χ0) is 14.0. The largest absolute Gasteiger partial charge is 0.496 e. The molecule has 3 atom stereocenters. The summed E-state index contributed by atoms with van der Waals surface area (Å²) in [5.74, 6) is 2.46. The Hall–Kier alpha value is -1.06. The molecule has 0 radical (unpaired) electrons. The van der Waals surface area contributed by atoms with Gasteiger partial charge in [-0.25, -0.2) is 0 Å². The zero-order valence-corrected chi connectivity index (χ0v) is 12.5. The fourth-order valence-electron chi connectivity index (χ4n) is 3.03. The van der Waals surface area contributed by atoms with E-state index in [9.17, 15) is 0 Å². The smallest absolute Gasteiger partial charge is 0.121 e. The quantitative estimate of drug-likeness (QED) is 0.906. The molecule has 2 N–H and O–H groups in total. The third kappa shape index (κ3) is 2.93. The molecule has 1 fully saturated rings. The first-order valence-corrected chi connectivity index (χ1v) is 7.15. The van der Waals surface area contributed by atoms with E-state index in [4.69, 9.17) is 10.5 Å². The maximum atomic E-state index is 6.02. The number of hydrogen-bond donors (Lipinski definition) is 1. The number of rotatable bonds is 4. The highest BCUT2D eigenvalue weighted by Gasteiger charge is 2.31. The monoisotopic (exact) mass is 262 g/mol. The summed E-state index contributed by atoms with van der Waals surface area (Å²) < 4.78 is 5.33. The average Bonchev–Trinajstić information content (AvgIpc) is 2.70. The Bertz CT molecular complexity index is 423. The summed E-state index contributed by atoms with van der Waals surface area (Å²) in [5, 5.41) is 0. The van der Waals surface area contributed by atoms with E-state index in [2.05, 4.69) is 43.9 Å². The van der Waals surface area contributed by atoms with Gasteiger partial charge in [0.1, 0.15) is 5.75 Å². The van der Waals surface area contributed by atoms with Crippen molar-refractivity contribution < 1.29 is 4.74 Å². The molecule has 0 aromatic heterocycles. The number of likely N-dealkylation sites (tertiary alicyclic amines) is 1. The Kier molecular flexibility index (Phi) is 4.48. The van der Waals surface area contributed by atoms with Gasteiger partial charge >= 0.3 is 0 Å². The predicted octanol–water partition coefficient (Wildman–Crippen LogP) is 2.59. The molecule has 1 aromatic carbocycles. The molecule has 1 aromatic rings. The van der Waals surface area contributed by atoms with Crippen LogP contribution < -0.4 is 10.5 Å². The van der Waals surface area contributed by atoms with Crippen molar-refractivity contribution in [3.63, 3.8) is 0 Å². The Labute approximate surface area is 116 Å². The standard InChI is InChI=1S/C16H26N2O/c1-11-7-14(5-6-16(11)19-4)15(8-17)18-9-12(2)13(3)10-18/h5-7,12-13,15H,8-10,17H2,1-4H3. The van der Waals surface area contributed by atoms with Crippen LogP contribution in [0.3, 0.4) is 0 Å². The molecule has 1 aliphatic rings. The fraction of sp³-hybridized carbons (Fsp3) is 0.625. The molecular weight excluding hydrogens is 236 g/mol. The summed E-state index contributed by atoms with van der Waals surface area (Å²) in [6.07, 6.45) is 0. The van der Waals surface area contributed by atoms with Gasteiger partial charge in [-0.2, -0.15) is 0 Å². The van der Waals surface area contributed by atoms with Crippen molar-refractivity contribution in [2.24, 2.45) is 17.6 Å². The van der Waals surface area contributed by atoms with Crippen LogP contribution in [0.15, 0.2) is 18.2 Å². The number of ether oxygens (including phenoxy) is 1. The lowest BCUT2D eigenvalue weighted by molar-refractivity contribution is 0.240. The second-order valence-corrected chi connectivity index (χ2v) is 5.89. The molecule has 3 unspecified atom stereocenters. The minimum atomic E-state index is 0.331. The van der Waals surface area contributed by atoms with Gasteiger partial charge in [0, 0.05) is 25.7 Å². The van der Waals surface area contributed by atoms with Crippen LogP contribution in [0.4, 0.5) is 0 Å². The van der Waals surface area contributed by atoms with Gasteiger partial charge in [0.2, 0.25) is 0 Å². The van der Waals surface area contributed by atoms with Crippen molar-refractivity contribution in [3.05, 3.63) is 29.3 Å². The summed E-state index contributed by atoms with van der Waals surface area (Å²) in [7, 11) is 1.71. The van der Waals surface area contributed by atoms with E-state index >= 15 is 0 Å². The molecule has 1 saturated heterocycles. The summed E-state index contributed by atoms with van der Waals surface area (Å²) in [5.41, 5.74) is 8.51. The molecule has 3 heteroatoms. The van der Waals surface area contributed by atoms with Gasteiger partial charge in [-0.1, -0.05) is 26.0 Å². The van der Waals surface area contributed by atoms with Crippen LogP contribution in [0.1, 0.15) is 31.0 Å².